The first-order valence-electron chi connectivity index (χ1n) is 6.62. The molecule has 0 bridgehead atoms. The molecule has 1 heterocycles. The van der Waals surface area contributed by atoms with E-state index in [0.717, 1.165) is 25.0 Å². The molecule has 1 aliphatic carbocycles. The number of thioether (sulfide) groups is 1. The Bertz CT molecular complexity index is 550. The third-order valence-electron chi connectivity index (χ3n) is 3.29. The molecule has 2 unspecified atom stereocenters. The summed E-state index contributed by atoms with van der Waals surface area (Å²) in [5, 5.41) is 0.498. The normalized spacial score (nSPS) is 22.9. The Labute approximate surface area is 123 Å². The van der Waals surface area contributed by atoms with E-state index in [1.54, 1.807) is 12.1 Å². The van der Waals surface area contributed by atoms with E-state index >= 15 is 0 Å². The summed E-state index contributed by atoms with van der Waals surface area (Å²) in [5.41, 5.74) is 2.67. The lowest BCUT2D eigenvalue weighted by Crippen LogP contribution is -2.34. The molecule has 1 aromatic heterocycles. The van der Waals surface area contributed by atoms with Gasteiger partial charge in [-0.2, -0.15) is 11.8 Å². The molecule has 2 atom stereocenters. The molecule has 0 aromatic carbocycles. The smallest absolute Gasteiger partial charge is 0.260 e. The van der Waals surface area contributed by atoms with E-state index in [1.165, 1.54) is 6.20 Å². The van der Waals surface area contributed by atoms with Gasteiger partial charge in [0.1, 0.15) is 0 Å². The van der Waals surface area contributed by atoms with Gasteiger partial charge in [-0.15, -0.1) is 0 Å². The second kappa shape index (κ2) is 6.75. The van der Waals surface area contributed by atoms with Crippen molar-refractivity contribution in [1.29, 1.82) is 0 Å². The van der Waals surface area contributed by atoms with Gasteiger partial charge >= 0.3 is 0 Å². The van der Waals surface area contributed by atoms with Gasteiger partial charge in [0, 0.05) is 17.5 Å². The summed E-state index contributed by atoms with van der Waals surface area (Å²) in [7, 11) is -3.64. The molecule has 20 heavy (non-hydrogen) atoms. The second-order valence-electron chi connectivity index (χ2n) is 4.71. The summed E-state index contributed by atoms with van der Waals surface area (Å²) in [4.78, 5) is 3.92. The highest BCUT2D eigenvalue weighted by Crippen LogP contribution is 2.30. The zero-order chi connectivity index (χ0) is 14.6. The van der Waals surface area contributed by atoms with Crippen molar-refractivity contribution in [2.24, 2.45) is 5.84 Å². The minimum absolute atomic E-state index is 0.0170. The topological polar surface area (TPSA) is 97.1 Å². The maximum absolute atomic E-state index is 12.4. The van der Waals surface area contributed by atoms with Crippen molar-refractivity contribution in [3.63, 3.8) is 0 Å². The monoisotopic (exact) mass is 316 g/mol. The number of pyridine rings is 1. The number of anilines is 1. The van der Waals surface area contributed by atoms with Crippen molar-refractivity contribution >= 4 is 27.5 Å². The standard InChI is InChI=1S/C12H20N4O2S2/c1-2-19-10-6-5-9(8-10)16-20(17,18)12-11(15-13)4-3-7-14-12/h3-4,7,9-10,15-16H,2,5-6,8,13H2,1H3. The Morgan fingerprint density at radius 3 is 3.00 bits per heavy atom. The number of hydrazine groups is 1. The molecule has 0 aliphatic heterocycles. The van der Waals surface area contributed by atoms with Gasteiger partial charge in [0.2, 0.25) is 0 Å². The largest absolute Gasteiger partial charge is 0.321 e. The Balaban J connectivity index is 2.08. The number of nitrogens with zero attached hydrogens (tertiary/aromatic N) is 1. The van der Waals surface area contributed by atoms with Crippen LogP contribution in [-0.4, -0.2) is 30.4 Å². The maximum Gasteiger partial charge on any atom is 0.260 e. The van der Waals surface area contributed by atoms with Gasteiger partial charge in [0.25, 0.3) is 10.0 Å². The van der Waals surface area contributed by atoms with E-state index < -0.39 is 10.0 Å². The number of hydrogen-bond acceptors (Lipinski definition) is 6. The van der Waals surface area contributed by atoms with Gasteiger partial charge in [0.15, 0.2) is 5.03 Å². The first-order chi connectivity index (χ1) is 9.56. The SMILES string of the molecule is CCSC1CCC(NS(=O)(=O)c2ncccc2NN)C1. The summed E-state index contributed by atoms with van der Waals surface area (Å²) in [6, 6.07) is 3.21. The minimum atomic E-state index is -3.64. The highest BCUT2D eigenvalue weighted by molar-refractivity contribution is 7.99. The zero-order valence-corrected chi connectivity index (χ0v) is 13.0. The molecule has 0 amide bonds. The van der Waals surface area contributed by atoms with E-state index in [9.17, 15) is 8.42 Å². The van der Waals surface area contributed by atoms with Crippen LogP contribution in [0.5, 0.6) is 0 Å². The Kier molecular flexibility index (Phi) is 5.25. The summed E-state index contributed by atoms with van der Waals surface area (Å²) in [6.07, 6.45) is 4.24. The molecular weight excluding hydrogens is 296 g/mol. The van der Waals surface area contributed by atoms with Crippen molar-refractivity contribution in [3.8, 4) is 0 Å². The van der Waals surface area contributed by atoms with Crippen LogP contribution < -0.4 is 16.0 Å². The van der Waals surface area contributed by atoms with Crippen LogP contribution in [0, 0.1) is 0 Å². The molecule has 112 valence electrons. The quantitative estimate of drug-likeness (QED) is 0.541. The van der Waals surface area contributed by atoms with Crippen molar-refractivity contribution in [1.82, 2.24) is 9.71 Å². The first kappa shape index (κ1) is 15.6. The fourth-order valence-corrected chi connectivity index (χ4v) is 4.95. The minimum Gasteiger partial charge on any atom is -0.321 e. The molecule has 0 spiro atoms. The molecule has 1 fully saturated rings. The predicted octanol–water partition coefficient (Wildman–Crippen LogP) is 1.32. The second-order valence-corrected chi connectivity index (χ2v) is 7.92. The number of nitrogen functional groups attached to an aromatic ring is 1. The van der Waals surface area contributed by atoms with Crippen LogP contribution in [0.1, 0.15) is 26.2 Å². The van der Waals surface area contributed by atoms with Crippen LogP contribution in [0.3, 0.4) is 0 Å². The van der Waals surface area contributed by atoms with Crippen LogP contribution in [0.15, 0.2) is 23.4 Å². The van der Waals surface area contributed by atoms with Crippen LogP contribution >= 0.6 is 11.8 Å². The molecule has 0 saturated heterocycles. The van der Waals surface area contributed by atoms with Crippen LogP contribution in [-0.2, 0) is 10.0 Å². The van der Waals surface area contributed by atoms with Gasteiger partial charge < -0.3 is 5.43 Å². The Hall–Kier alpha value is -0.830. The predicted molar refractivity (Wildman–Crippen MR) is 81.9 cm³/mol. The van der Waals surface area contributed by atoms with Crippen molar-refractivity contribution < 1.29 is 8.42 Å². The zero-order valence-electron chi connectivity index (χ0n) is 11.4. The fraction of sp³-hybridized carbons (Fsp3) is 0.583. The fourth-order valence-electron chi connectivity index (χ4n) is 2.42. The van der Waals surface area contributed by atoms with E-state index in [-0.39, 0.29) is 11.1 Å². The van der Waals surface area contributed by atoms with Crippen LogP contribution in [0.2, 0.25) is 0 Å². The van der Waals surface area contributed by atoms with Crippen molar-refractivity contribution in [2.45, 2.75) is 42.5 Å². The van der Waals surface area contributed by atoms with E-state index in [4.69, 9.17) is 5.84 Å². The maximum atomic E-state index is 12.4. The number of aromatic nitrogens is 1. The van der Waals surface area contributed by atoms with Crippen molar-refractivity contribution in [3.05, 3.63) is 18.3 Å². The van der Waals surface area contributed by atoms with E-state index in [0.29, 0.717) is 10.9 Å². The molecule has 2 rings (SSSR count). The average molecular weight is 316 g/mol. The molecule has 1 aliphatic rings. The van der Waals surface area contributed by atoms with E-state index in [2.05, 4.69) is 22.1 Å². The lowest BCUT2D eigenvalue weighted by atomic mass is 10.3. The summed E-state index contributed by atoms with van der Waals surface area (Å²) in [6.45, 7) is 2.12. The molecule has 4 N–H and O–H groups in total. The lowest BCUT2D eigenvalue weighted by Gasteiger charge is -2.14. The highest BCUT2D eigenvalue weighted by atomic mass is 32.2. The molecule has 1 aromatic rings. The van der Waals surface area contributed by atoms with Gasteiger partial charge in [-0.3, -0.25) is 5.84 Å². The number of sulfonamides is 1. The Morgan fingerprint density at radius 2 is 2.30 bits per heavy atom. The van der Waals surface area contributed by atoms with Crippen molar-refractivity contribution in [2.75, 3.05) is 11.2 Å². The lowest BCUT2D eigenvalue weighted by molar-refractivity contribution is 0.549. The summed E-state index contributed by atoms with van der Waals surface area (Å²) < 4.78 is 27.4. The summed E-state index contributed by atoms with van der Waals surface area (Å²) in [5.74, 6) is 6.39. The summed E-state index contributed by atoms with van der Waals surface area (Å²) >= 11 is 1.89. The first-order valence-corrected chi connectivity index (χ1v) is 9.15. The van der Waals surface area contributed by atoms with Gasteiger partial charge in [-0.25, -0.2) is 18.1 Å². The average Bonchev–Trinajstić information content (AvgIpc) is 2.85. The highest BCUT2D eigenvalue weighted by Gasteiger charge is 2.30. The molecule has 8 heteroatoms. The third-order valence-corrected chi connectivity index (χ3v) is 6.00. The third kappa shape index (κ3) is 3.63. The number of rotatable bonds is 6. The molecule has 6 nitrogen and oxygen atoms in total. The Morgan fingerprint density at radius 1 is 1.50 bits per heavy atom. The van der Waals surface area contributed by atoms with Crippen LogP contribution in [0.25, 0.3) is 0 Å². The number of nitrogens with one attached hydrogen (secondary N) is 2. The number of nitrogens with two attached hydrogens (primary N) is 1. The molecular formula is C12H20N4O2S2. The van der Waals surface area contributed by atoms with E-state index in [1.807, 2.05) is 11.8 Å². The molecule has 0 radical (unpaired) electrons. The van der Waals surface area contributed by atoms with Gasteiger partial charge in [-0.05, 0) is 37.1 Å². The van der Waals surface area contributed by atoms with Gasteiger partial charge in [0.05, 0.1) is 5.69 Å². The van der Waals surface area contributed by atoms with Crippen LogP contribution in [0.4, 0.5) is 5.69 Å². The van der Waals surface area contributed by atoms with Gasteiger partial charge in [-0.1, -0.05) is 6.92 Å². The molecule has 1 saturated carbocycles. The number of hydrogen-bond donors (Lipinski definition) is 3.